The Morgan fingerprint density at radius 1 is 1.19 bits per heavy atom. The van der Waals surface area contributed by atoms with Crippen LogP contribution >= 0.6 is 11.8 Å². The van der Waals surface area contributed by atoms with Crippen molar-refractivity contribution in [2.75, 3.05) is 6.61 Å². The molecule has 0 aliphatic rings. The molecule has 0 amide bonds. The Bertz CT molecular complexity index is 861. The normalized spacial score (nSPS) is 10.8. The Kier molecular flexibility index (Phi) is 6.31. The predicted octanol–water partition coefficient (Wildman–Crippen LogP) is 4.19. The summed E-state index contributed by atoms with van der Waals surface area (Å²) in [6.45, 7) is 4.13. The number of nitrogens with one attached hydrogen (secondary N) is 1. The van der Waals surface area contributed by atoms with Crippen molar-refractivity contribution in [2.24, 2.45) is 0 Å². The molecule has 0 aliphatic carbocycles. The number of ketones is 2. The third-order valence-corrected chi connectivity index (χ3v) is 4.51. The van der Waals surface area contributed by atoms with Gasteiger partial charge in [0.15, 0.2) is 12.4 Å². The van der Waals surface area contributed by atoms with Crippen LogP contribution in [0.5, 0.6) is 0 Å². The fraction of sp³-hybridized carbons (Fsp3) is 0.278. The monoisotopic (exact) mass is 381 g/mol. The molecule has 1 heterocycles. The number of thioether (sulfide) groups is 1. The largest absolute Gasteiger partial charge is 0.454 e. The zero-order chi connectivity index (χ0) is 19.4. The van der Waals surface area contributed by atoms with E-state index in [0.717, 1.165) is 0 Å². The Morgan fingerprint density at radius 2 is 1.85 bits per heavy atom. The lowest BCUT2D eigenvalue weighted by atomic mass is 10.1. The number of carbonyl (C=O) groups is 3. The molecule has 5 nitrogen and oxygen atoms in total. The molecular weight excluding hydrogens is 364 g/mol. The molecule has 1 aromatic carbocycles. The first-order valence-electron chi connectivity index (χ1n) is 7.66. The Hall–Kier alpha value is -2.48. The number of benzene rings is 1. The van der Waals surface area contributed by atoms with Crippen molar-refractivity contribution in [1.29, 1.82) is 0 Å². The van der Waals surface area contributed by atoms with Gasteiger partial charge in [0, 0.05) is 16.2 Å². The molecule has 0 unspecified atom stereocenters. The summed E-state index contributed by atoms with van der Waals surface area (Å²) in [7, 11) is 0. The maximum atomic E-state index is 12.6. The van der Waals surface area contributed by atoms with Crippen LogP contribution in [-0.4, -0.2) is 34.9 Å². The number of H-pyrrole nitrogens is 1. The number of hydrogen-bond acceptors (Lipinski definition) is 5. The van der Waals surface area contributed by atoms with E-state index in [1.165, 1.54) is 31.2 Å². The van der Waals surface area contributed by atoms with E-state index in [1.54, 1.807) is 13.8 Å². The van der Waals surface area contributed by atoms with E-state index in [9.17, 15) is 23.2 Å². The number of aromatic amines is 1. The molecule has 0 saturated heterocycles. The molecule has 0 aliphatic heterocycles. The fourth-order valence-corrected chi connectivity index (χ4v) is 3.30. The average Bonchev–Trinajstić information content (AvgIpc) is 2.87. The van der Waals surface area contributed by atoms with Crippen LogP contribution in [0.25, 0.3) is 0 Å². The van der Waals surface area contributed by atoms with E-state index >= 15 is 0 Å². The fourth-order valence-electron chi connectivity index (χ4n) is 2.67. The number of aromatic nitrogens is 1. The molecule has 0 radical (unpaired) electrons. The molecule has 0 spiro atoms. The SMILES string of the molecule is CC(=O)c1c(C)[nH]c(C(=O)COC(=O)c2ccccc2SC(F)F)c1C. The van der Waals surface area contributed by atoms with Crippen molar-refractivity contribution in [3.8, 4) is 0 Å². The number of hydrogen-bond donors (Lipinski definition) is 1. The number of halogens is 2. The van der Waals surface area contributed by atoms with Gasteiger partial charge in [-0.15, -0.1) is 0 Å². The zero-order valence-electron chi connectivity index (χ0n) is 14.4. The number of Topliss-reactive ketones (excluding diaryl/α,β-unsaturated/α-hetero) is 2. The van der Waals surface area contributed by atoms with E-state index in [2.05, 4.69) is 4.98 Å². The number of carbonyl (C=O) groups excluding carboxylic acids is 3. The quantitative estimate of drug-likeness (QED) is 0.442. The highest BCUT2D eigenvalue weighted by atomic mass is 32.2. The van der Waals surface area contributed by atoms with Gasteiger partial charge >= 0.3 is 5.97 Å². The van der Waals surface area contributed by atoms with Gasteiger partial charge < -0.3 is 9.72 Å². The summed E-state index contributed by atoms with van der Waals surface area (Å²) in [6.07, 6.45) is 0. The number of aryl methyl sites for hydroxylation is 1. The van der Waals surface area contributed by atoms with Gasteiger partial charge in [0.25, 0.3) is 5.76 Å². The van der Waals surface area contributed by atoms with Crippen molar-refractivity contribution in [3.63, 3.8) is 0 Å². The van der Waals surface area contributed by atoms with Crippen LogP contribution in [0.1, 0.15) is 49.4 Å². The van der Waals surface area contributed by atoms with Crippen molar-refractivity contribution in [3.05, 3.63) is 52.3 Å². The topological polar surface area (TPSA) is 76.2 Å². The molecule has 8 heteroatoms. The Labute approximate surface area is 153 Å². The second-order valence-electron chi connectivity index (χ2n) is 5.56. The van der Waals surface area contributed by atoms with Crippen LogP contribution in [-0.2, 0) is 4.74 Å². The molecule has 1 N–H and O–H groups in total. The van der Waals surface area contributed by atoms with E-state index in [0.29, 0.717) is 16.8 Å². The van der Waals surface area contributed by atoms with Crippen LogP contribution in [0.15, 0.2) is 29.2 Å². The Balaban J connectivity index is 2.12. The van der Waals surface area contributed by atoms with Crippen molar-refractivity contribution < 1.29 is 27.9 Å². The van der Waals surface area contributed by atoms with Crippen LogP contribution in [0, 0.1) is 13.8 Å². The van der Waals surface area contributed by atoms with Gasteiger partial charge in [-0.05, 0) is 38.5 Å². The summed E-state index contributed by atoms with van der Waals surface area (Å²) in [5.74, 6) is -4.23. The van der Waals surface area contributed by atoms with Gasteiger partial charge in [-0.25, -0.2) is 4.79 Å². The first-order valence-corrected chi connectivity index (χ1v) is 8.54. The van der Waals surface area contributed by atoms with Crippen LogP contribution in [0.4, 0.5) is 8.78 Å². The van der Waals surface area contributed by atoms with Crippen LogP contribution < -0.4 is 0 Å². The van der Waals surface area contributed by atoms with E-state index < -0.39 is 24.1 Å². The van der Waals surface area contributed by atoms with E-state index in [-0.39, 0.29) is 33.7 Å². The molecule has 138 valence electrons. The summed E-state index contributed by atoms with van der Waals surface area (Å²) in [4.78, 5) is 39.0. The van der Waals surface area contributed by atoms with Gasteiger partial charge in [-0.2, -0.15) is 8.78 Å². The highest BCUT2D eigenvalue weighted by Gasteiger charge is 2.22. The maximum absolute atomic E-state index is 12.6. The van der Waals surface area contributed by atoms with Gasteiger partial charge in [0.2, 0.25) is 5.78 Å². The van der Waals surface area contributed by atoms with E-state index in [1.807, 2.05) is 0 Å². The first-order chi connectivity index (χ1) is 12.2. The summed E-state index contributed by atoms with van der Waals surface area (Å²) < 4.78 is 30.1. The highest BCUT2D eigenvalue weighted by molar-refractivity contribution is 7.99. The predicted molar refractivity (Wildman–Crippen MR) is 93.2 cm³/mol. The number of alkyl halides is 2. The highest BCUT2D eigenvalue weighted by Crippen LogP contribution is 2.28. The summed E-state index contributed by atoms with van der Waals surface area (Å²) in [5, 5.41) is 0. The minimum absolute atomic E-state index is 0.0330. The van der Waals surface area contributed by atoms with Crippen LogP contribution in [0.2, 0.25) is 0 Å². The van der Waals surface area contributed by atoms with Gasteiger partial charge in [-0.1, -0.05) is 23.9 Å². The van der Waals surface area contributed by atoms with E-state index in [4.69, 9.17) is 4.74 Å². The van der Waals surface area contributed by atoms with Crippen molar-refractivity contribution in [2.45, 2.75) is 31.4 Å². The molecule has 26 heavy (non-hydrogen) atoms. The maximum Gasteiger partial charge on any atom is 0.339 e. The standard InChI is InChI=1S/C18H17F2NO4S/c1-9-15(11(3)22)10(2)21-16(9)13(23)8-25-17(24)12-6-4-5-7-14(12)26-18(19)20/h4-7,18,21H,8H2,1-3H3. The van der Waals surface area contributed by atoms with Crippen molar-refractivity contribution in [1.82, 2.24) is 4.98 Å². The summed E-state index contributed by atoms with van der Waals surface area (Å²) in [5.41, 5.74) is 1.64. The van der Waals surface area contributed by atoms with Gasteiger partial charge in [0.1, 0.15) is 0 Å². The lowest BCUT2D eigenvalue weighted by Gasteiger charge is -2.08. The third-order valence-electron chi connectivity index (χ3n) is 3.73. The minimum Gasteiger partial charge on any atom is -0.454 e. The second-order valence-corrected chi connectivity index (χ2v) is 6.59. The molecule has 0 fully saturated rings. The third kappa shape index (κ3) is 4.37. The number of rotatable bonds is 7. The number of ether oxygens (including phenoxy) is 1. The summed E-state index contributed by atoms with van der Waals surface area (Å²) >= 11 is 0.232. The molecule has 2 aromatic rings. The Morgan fingerprint density at radius 3 is 2.42 bits per heavy atom. The molecule has 0 atom stereocenters. The lowest BCUT2D eigenvalue weighted by molar-refractivity contribution is 0.0470. The molecule has 0 bridgehead atoms. The molecule has 1 aromatic heterocycles. The molecular formula is C18H17F2NO4S. The zero-order valence-corrected chi connectivity index (χ0v) is 15.2. The lowest BCUT2D eigenvalue weighted by Crippen LogP contribution is -2.16. The van der Waals surface area contributed by atoms with Crippen LogP contribution in [0.3, 0.4) is 0 Å². The van der Waals surface area contributed by atoms with Gasteiger partial charge in [-0.3, -0.25) is 9.59 Å². The smallest absolute Gasteiger partial charge is 0.339 e. The second kappa shape index (κ2) is 8.27. The number of esters is 1. The molecule has 0 saturated carbocycles. The van der Waals surface area contributed by atoms with Gasteiger partial charge in [0.05, 0.1) is 11.3 Å². The summed E-state index contributed by atoms with van der Waals surface area (Å²) in [6, 6.07) is 5.79. The minimum atomic E-state index is -2.68. The first kappa shape index (κ1) is 19.8. The van der Waals surface area contributed by atoms with Crippen molar-refractivity contribution >= 4 is 29.3 Å². The molecule has 2 rings (SSSR count). The average molecular weight is 381 g/mol.